The van der Waals surface area contributed by atoms with Gasteiger partial charge < -0.3 is 20.1 Å². The molecule has 0 aromatic carbocycles. The Hall–Kier alpha value is -0.160. The Balaban J connectivity index is 1.27. The summed E-state index contributed by atoms with van der Waals surface area (Å²) in [6, 6.07) is 0. The van der Waals surface area contributed by atoms with E-state index in [1.165, 1.54) is 38.5 Å². The van der Waals surface area contributed by atoms with E-state index >= 15 is 0 Å². The van der Waals surface area contributed by atoms with Crippen LogP contribution in [0.15, 0.2) is 0 Å². The highest BCUT2D eigenvalue weighted by Crippen LogP contribution is 2.87. The number of rotatable bonds is 2. The van der Waals surface area contributed by atoms with Crippen LogP contribution in [0.4, 0.5) is 0 Å². The zero-order valence-corrected chi connectivity index (χ0v) is 20.9. The highest BCUT2D eigenvalue weighted by atomic mass is 16.5. The Kier molecular flexibility index (Phi) is 4.55. The molecular weight excluding hydrogens is 400 g/mol. The van der Waals surface area contributed by atoms with Crippen molar-refractivity contribution in [3.8, 4) is 0 Å². The highest BCUT2D eigenvalue weighted by molar-refractivity contribution is 5.29. The van der Waals surface area contributed by atoms with Gasteiger partial charge in [-0.3, -0.25) is 0 Å². The molecule has 6 aliphatic rings. The average molecular weight is 447 g/mol. The maximum Gasteiger partial charge on any atom is 0.0861 e. The lowest BCUT2D eigenvalue weighted by atomic mass is 9.46. The van der Waals surface area contributed by atoms with Crippen molar-refractivity contribution in [3.05, 3.63) is 0 Å². The summed E-state index contributed by atoms with van der Waals surface area (Å²) >= 11 is 0. The van der Waals surface area contributed by atoms with Crippen molar-refractivity contribution in [1.82, 2.24) is 0 Å². The molecule has 3 unspecified atom stereocenters. The zero-order chi connectivity index (χ0) is 22.9. The van der Waals surface area contributed by atoms with Crippen LogP contribution in [-0.4, -0.2) is 45.3 Å². The van der Waals surface area contributed by atoms with Crippen LogP contribution in [0.1, 0.15) is 98.8 Å². The molecule has 182 valence electrons. The first-order valence-corrected chi connectivity index (χ1v) is 13.6. The first kappa shape index (κ1) is 22.3. The predicted molar refractivity (Wildman–Crippen MR) is 124 cm³/mol. The third-order valence-electron chi connectivity index (χ3n) is 12.6. The molecular formula is C28H46O4. The Morgan fingerprint density at radius 2 is 1.59 bits per heavy atom. The molecule has 5 aliphatic carbocycles. The molecule has 1 aliphatic heterocycles. The summed E-state index contributed by atoms with van der Waals surface area (Å²) in [5.41, 5.74) is 0.299. The summed E-state index contributed by atoms with van der Waals surface area (Å²) in [5, 5.41) is 32.7. The van der Waals surface area contributed by atoms with Gasteiger partial charge in [-0.05, 0) is 117 Å². The van der Waals surface area contributed by atoms with Gasteiger partial charge in [0.25, 0.3) is 0 Å². The van der Waals surface area contributed by atoms with Crippen LogP contribution in [-0.2, 0) is 4.74 Å². The van der Waals surface area contributed by atoms with Crippen LogP contribution in [0.25, 0.3) is 0 Å². The van der Waals surface area contributed by atoms with Gasteiger partial charge in [0, 0.05) is 5.92 Å². The molecule has 5 saturated carbocycles. The molecule has 0 amide bonds. The normalized spacial score (nSPS) is 58.5. The van der Waals surface area contributed by atoms with Crippen molar-refractivity contribution in [3.63, 3.8) is 0 Å². The summed E-state index contributed by atoms with van der Waals surface area (Å²) < 4.78 is 6.45. The van der Waals surface area contributed by atoms with Crippen molar-refractivity contribution in [1.29, 1.82) is 0 Å². The second kappa shape index (κ2) is 6.53. The van der Waals surface area contributed by atoms with E-state index in [9.17, 15) is 15.3 Å². The molecule has 1 saturated heterocycles. The fourth-order valence-corrected chi connectivity index (χ4v) is 11.0. The number of fused-ring (bicyclic) bond motifs is 2. The van der Waals surface area contributed by atoms with E-state index in [2.05, 4.69) is 20.8 Å². The van der Waals surface area contributed by atoms with E-state index < -0.39 is 5.60 Å². The average Bonchev–Trinajstić information content (AvgIpc) is 2.96. The molecule has 0 aromatic heterocycles. The van der Waals surface area contributed by atoms with Gasteiger partial charge in [-0.2, -0.15) is 0 Å². The molecule has 0 radical (unpaired) electrons. The molecule has 1 heterocycles. The van der Waals surface area contributed by atoms with Crippen LogP contribution in [0, 0.1) is 45.3 Å². The fourth-order valence-electron chi connectivity index (χ4n) is 11.0. The third kappa shape index (κ3) is 2.59. The Morgan fingerprint density at radius 1 is 0.844 bits per heavy atom. The summed E-state index contributed by atoms with van der Waals surface area (Å²) in [5.74, 6) is 2.19. The van der Waals surface area contributed by atoms with Crippen molar-refractivity contribution in [2.45, 2.75) is 129 Å². The Bertz CT molecular complexity index is 787. The van der Waals surface area contributed by atoms with Crippen molar-refractivity contribution >= 4 is 0 Å². The summed E-state index contributed by atoms with van der Waals surface area (Å²) in [7, 11) is 0. The lowest BCUT2D eigenvalue weighted by Crippen LogP contribution is -2.54. The largest absolute Gasteiger partial charge is 0.393 e. The lowest BCUT2D eigenvalue weighted by Gasteiger charge is -2.59. The summed E-state index contributed by atoms with van der Waals surface area (Å²) in [6.45, 7) is 10.8. The predicted octanol–water partition coefficient (Wildman–Crippen LogP) is 4.69. The minimum Gasteiger partial charge on any atom is -0.393 e. The van der Waals surface area contributed by atoms with Gasteiger partial charge in [0.15, 0.2) is 0 Å². The number of ether oxygens (including phenoxy) is 1. The first-order chi connectivity index (χ1) is 14.9. The minimum atomic E-state index is -0.813. The van der Waals surface area contributed by atoms with E-state index in [1.807, 2.05) is 13.8 Å². The van der Waals surface area contributed by atoms with Gasteiger partial charge in [0.1, 0.15) is 0 Å². The number of hydrogen-bond acceptors (Lipinski definition) is 4. The molecule has 11 atom stereocenters. The van der Waals surface area contributed by atoms with Gasteiger partial charge in [0.05, 0.1) is 30.0 Å². The molecule has 3 N–H and O–H groups in total. The molecule has 2 spiro atoms. The molecule has 0 aromatic rings. The quantitative estimate of drug-likeness (QED) is 0.576. The van der Waals surface area contributed by atoms with Crippen molar-refractivity contribution in [2.24, 2.45) is 45.3 Å². The molecule has 4 nitrogen and oxygen atoms in total. The topological polar surface area (TPSA) is 69.9 Å². The van der Waals surface area contributed by atoms with E-state index in [4.69, 9.17) is 4.74 Å². The zero-order valence-electron chi connectivity index (χ0n) is 20.9. The highest BCUT2D eigenvalue weighted by Gasteiger charge is 2.80. The van der Waals surface area contributed by atoms with E-state index in [0.29, 0.717) is 22.7 Å². The molecule has 0 bridgehead atoms. The van der Waals surface area contributed by atoms with Crippen LogP contribution < -0.4 is 0 Å². The summed E-state index contributed by atoms with van der Waals surface area (Å²) in [4.78, 5) is 0. The van der Waals surface area contributed by atoms with E-state index in [-0.39, 0.29) is 41.2 Å². The van der Waals surface area contributed by atoms with Crippen molar-refractivity contribution < 1.29 is 20.1 Å². The van der Waals surface area contributed by atoms with Crippen LogP contribution in [0.5, 0.6) is 0 Å². The molecule has 6 rings (SSSR count). The number of aliphatic hydroxyl groups is 3. The molecule has 6 fully saturated rings. The van der Waals surface area contributed by atoms with Gasteiger partial charge >= 0.3 is 0 Å². The lowest BCUT2D eigenvalue weighted by molar-refractivity contribution is -0.147. The van der Waals surface area contributed by atoms with Gasteiger partial charge in [0.2, 0.25) is 0 Å². The van der Waals surface area contributed by atoms with Gasteiger partial charge in [-0.15, -0.1) is 0 Å². The SMILES string of the molecule is CC(C)(O)[C@@H]1CCC([C@H]2[C@@H](O)CC3[C@@H]4CC[C@H]5C(C)(C)[C@@H](O)CC[C@@]56CC46CC[C@@]32C)O1. The number of hydrogen-bond donors (Lipinski definition) is 3. The Labute approximate surface area is 194 Å². The van der Waals surface area contributed by atoms with Crippen LogP contribution in [0.3, 0.4) is 0 Å². The van der Waals surface area contributed by atoms with Crippen molar-refractivity contribution in [2.75, 3.05) is 0 Å². The second-order valence-corrected chi connectivity index (χ2v) is 14.4. The number of aliphatic hydroxyl groups excluding tert-OH is 2. The standard InChI is InChI=1S/C28H46O4/c1-24(2)20-8-6-16-17-14-18(29)23(19-7-9-22(32-19)25(3,4)31)26(17,5)12-13-27(16)15-28(20,27)11-10-21(24)30/h16-23,29-31H,6-15H2,1-5H3/t16-,17?,18-,19?,20-,21-,22-,23+,26-,27?,28+/m0/s1. The second-order valence-electron chi connectivity index (χ2n) is 14.4. The molecule has 32 heavy (non-hydrogen) atoms. The third-order valence-corrected chi connectivity index (χ3v) is 12.6. The van der Waals surface area contributed by atoms with Gasteiger partial charge in [-0.25, -0.2) is 0 Å². The monoisotopic (exact) mass is 446 g/mol. The van der Waals surface area contributed by atoms with Crippen LogP contribution >= 0.6 is 0 Å². The van der Waals surface area contributed by atoms with E-state index in [0.717, 1.165) is 31.6 Å². The molecule has 4 heteroatoms. The van der Waals surface area contributed by atoms with Gasteiger partial charge in [-0.1, -0.05) is 20.8 Å². The minimum absolute atomic E-state index is 0.0367. The van der Waals surface area contributed by atoms with Crippen LogP contribution in [0.2, 0.25) is 0 Å². The smallest absolute Gasteiger partial charge is 0.0861 e. The maximum absolute atomic E-state index is 11.4. The summed E-state index contributed by atoms with van der Waals surface area (Å²) in [6.07, 6.45) is 10.9. The first-order valence-electron chi connectivity index (χ1n) is 13.6. The fraction of sp³-hybridized carbons (Fsp3) is 1.00. The maximum atomic E-state index is 11.4. The Morgan fingerprint density at radius 3 is 2.28 bits per heavy atom. The van der Waals surface area contributed by atoms with E-state index in [1.54, 1.807) is 0 Å².